The minimum Gasteiger partial charge on any atom is -0.508 e. The third-order valence-corrected chi connectivity index (χ3v) is 4.52. The van der Waals surface area contributed by atoms with Crippen molar-refractivity contribution in [3.8, 4) is 5.75 Å². The third kappa shape index (κ3) is 3.82. The van der Waals surface area contributed by atoms with E-state index in [1.807, 2.05) is 38.1 Å². The van der Waals surface area contributed by atoms with Gasteiger partial charge in [0.1, 0.15) is 12.3 Å². The number of rotatable bonds is 3. The molecular weight excluding hydrogens is 316 g/mol. The smallest absolute Gasteiger partial charge is 0.246 e. The van der Waals surface area contributed by atoms with Gasteiger partial charge in [0, 0.05) is 18.3 Å². The minimum absolute atomic E-state index is 0.0659. The molecule has 3 rings (SSSR count). The molecule has 1 fully saturated rings. The lowest BCUT2D eigenvalue weighted by Gasteiger charge is -2.39. The molecule has 1 unspecified atom stereocenters. The maximum atomic E-state index is 12.6. The van der Waals surface area contributed by atoms with Crippen LogP contribution >= 0.6 is 0 Å². The van der Waals surface area contributed by atoms with Crippen LogP contribution in [-0.2, 0) is 16.0 Å². The second kappa shape index (κ2) is 6.97. The van der Waals surface area contributed by atoms with Crippen molar-refractivity contribution in [3.63, 3.8) is 0 Å². The van der Waals surface area contributed by atoms with Crippen LogP contribution in [0.15, 0.2) is 48.5 Å². The number of aromatic hydroxyl groups is 1. The predicted molar refractivity (Wildman–Crippen MR) is 96.5 cm³/mol. The molecule has 1 N–H and O–H groups in total. The molecule has 2 aromatic carbocycles. The summed E-state index contributed by atoms with van der Waals surface area (Å²) in [4.78, 5) is 28.5. The molecule has 0 spiro atoms. The Morgan fingerprint density at radius 3 is 2.60 bits per heavy atom. The molecule has 5 nitrogen and oxygen atoms in total. The number of nitrogens with zero attached hydrogens (tertiary/aromatic N) is 2. The van der Waals surface area contributed by atoms with E-state index in [2.05, 4.69) is 0 Å². The summed E-state index contributed by atoms with van der Waals surface area (Å²) < 4.78 is 0. The summed E-state index contributed by atoms with van der Waals surface area (Å²) in [6.07, 6.45) is 0.177. The van der Waals surface area contributed by atoms with E-state index < -0.39 is 0 Å². The zero-order chi connectivity index (χ0) is 18.0. The molecule has 1 aliphatic heterocycles. The van der Waals surface area contributed by atoms with Crippen molar-refractivity contribution in [3.05, 3.63) is 59.7 Å². The first kappa shape index (κ1) is 17.0. The highest BCUT2D eigenvalue weighted by molar-refractivity contribution is 5.98. The first-order valence-corrected chi connectivity index (χ1v) is 8.38. The molecule has 0 bridgehead atoms. The van der Waals surface area contributed by atoms with Crippen LogP contribution in [0.2, 0.25) is 0 Å². The Balaban J connectivity index is 1.70. The Hall–Kier alpha value is -2.82. The summed E-state index contributed by atoms with van der Waals surface area (Å²) in [5.74, 6) is -0.0418. The second-order valence-corrected chi connectivity index (χ2v) is 6.56. The van der Waals surface area contributed by atoms with Crippen LogP contribution in [0.5, 0.6) is 5.75 Å². The van der Waals surface area contributed by atoms with Gasteiger partial charge in [0.15, 0.2) is 0 Å². The number of phenols is 1. The van der Waals surface area contributed by atoms with Gasteiger partial charge < -0.3 is 14.9 Å². The Morgan fingerprint density at radius 2 is 1.92 bits per heavy atom. The molecule has 130 valence electrons. The van der Waals surface area contributed by atoms with Crippen molar-refractivity contribution in [2.24, 2.45) is 0 Å². The van der Waals surface area contributed by atoms with Crippen molar-refractivity contribution >= 4 is 17.5 Å². The van der Waals surface area contributed by atoms with E-state index >= 15 is 0 Å². The molecule has 0 radical (unpaired) electrons. The number of aryl methyl sites for hydroxylation is 1. The van der Waals surface area contributed by atoms with E-state index in [1.54, 1.807) is 34.1 Å². The standard InChI is InChI=1S/C20H22N2O3/c1-14-6-8-17(9-7-14)22-12-15(2)21(13-20(22)25)19(24)11-16-4-3-5-18(23)10-16/h3-10,15,23H,11-13H2,1-2H3. The third-order valence-electron chi connectivity index (χ3n) is 4.52. The number of amides is 2. The fourth-order valence-electron chi connectivity index (χ4n) is 3.10. The Bertz CT molecular complexity index is 786. The predicted octanol–water partition coefficient (Wildman–Crippen LogP) is 2.51. The van der Waals surface area contributed by atoms with E-state index in [9.17, 15) is 14.7 Å². The average Bonchev–Trinajstić information content (AvgIpc) is 2.57. The van der Waals surface area contributed by atoms with E-state index in [0.29, 0.717) is 6.54 Å². The summed E-state index contributed by atoms with van der Waals surface area (Å²) in [5, 5.41) is 9.52. The average molecular weight is 338 g/mol. The molecule has 0 aromatic heterocycles. The second-order valence-electron chi connectivity index (χ2n) is 6.56. The summed E-state index contributed by atoms with van der Waals surface area (Å²) in [6.45, 7) is 4.51. The molecule has 0 aliphatic carbocycles. The Labute approximate surface area is 147 Å². The number of hydrogen-bond acceptors (Lipinski definition) is 3. The lowest BCUT2D eigenvalue weighted by Crippen LogP contribution is -2.57. The topological polar surface area (TPSA) is 60.9 Å². The van der Waals surface area contributed by atoms with Crippen LogP contribution in [0.1, 0.15) is 18.1 Å². The van der Waals surface area contributed by atoms with Gasteiger partial charge in [-0.25, -0.2) is 0 Å². The van der Waals surface area contributed by atoms with E-state index in [0.717, 1.165) is 16.8 Å². The number of carbonyl (C=O) groups excluding carboxylic acids is 2. The molecule has 25 heavy (non-hydrogen) atoms. The molecule has 2 amide bonds. The summed E-state index contributed by atoms with van der Waals surface area (Å²) >= 11 is 0. The van der Waals surface area contributed by atoms with Crippen molar-refractivity contribution in [1.82, 2.24) is 4.90 Å². The number of carbonyl (C=O) groups is 2. The van der Waals surface area contributed by atoms with E-state index in [1.165, 1.54) is 0 Å². The van der Waals surface area contributed by atoms with Crippen LogP contribution in [0.3, 0.4) is 0 Å². The van der Waals surface area contributed by atoms with E-state index in [-0.39, 0.29) is 36.6 Å². The molecule has 1 saturated heterocycles. The highest BCUT2D eigenvalue weighted by Crippen LogP contribution is 2.21. The van der Waals surface area contributed by atoms with Gasteiger partial charge in [-0.15, -0.1) is 0 Å². The quantitative estimate of drug-likeness (QED) is 0.935. The maximum absolute atomic E-state index is 12.6. The van der Waals surface area contributed by atoms with Crippen LogP contribution in [0, 0.1) is 6.92 Å². The number of anilines is 1. The molecule has 0 saturated carbocycles. The van der Waals surface area contributed by atoms with Gasteiger partial charge in [0.25, 0.3) is 0 Å². The molecular formula is C20H22N2O3. The monoisotopic (exact) mass is 338 g/mol. The molecule has 5 heteroatoms. The van der Waals surface area contributed by atoms with Gasteiger partial charge in [-0.2, -0.15) is 0 Å². The molecule has 1 atom stereocenters. The number of phenolic OH excluding ortho intramolecular Hbond substituents is 1. The summed E-state index contributed by atoms with van der Waals surface area (Å²) in [7, 11) is 0. The summed E-state index contributed by atoms with van der Waals surface area (Å²) in [5.41, 5.74) is 2.75. The fourth-order valence-corrected chi connectivity index (χ4v) is 3.10. The van der Waals surface area contributed by atoms with Gasteiger partial charge in [-0.1, -0.05) is 29.8 Å². The highest BCUT2D eigenvalue weighted by Gasteiger charge is 2.33. The fraction of sp³-hybridized carbons (Fsp3) is 0.300. The number of benzene rings is 2. The van der Waals surface area contributed by atoms with Crippen LogP contribution in [-0.4, -0.2) is 41.0 Å². The first-order valence-electron chi connectivity index (χ1n) is 8.38. The van der Waals surface area contributed by atoms with Crippen LogP contribution in [0.25, 0.3) is 0 Å². The van der Waals surface area contributed by atoms with Crippen LogP contribution in [0.4, 0.5) is 5.69 Å². The normalized spacial score (nSPS) is 17.7. The SMILES string of the molecule is Cc1ccc(N2CC(C)N(C(=O)Cc3cccc(O)c3)CC2=O)cc1. The van der Waals surface area contributed by atoms with Gasteiger partial charge in [-0.05, 0) is 43.7 Å². The highest BCUT2D eigenvalue weighted by atomic mass is 16.3. The largest absolute Gasteiger partial charge is 0.508 e. The lowest BCUT2D eigenvalue weighted by molar-refractivity contribution is -0.138. The van der Waals surface area contributed by atoms with Crippen LogP contribution < -0.4 is 4.90 Å². The molecule has 1 heterocycles. The van der Waals surface area contributed by atoms with Crippen molar-refractivity contribution in [2.75, 3.05) is 18.0 Å². The summed E-state index contributed by atoms with van der Waals surface area (Å²) in [6, 6.07) is 14.4. The zero-order valence-corrected chi connectivity index (χ0v) is 14.5. The van der Waals surface area contributed by atoms with Crippen molar-refractivity contribution < 1.29 is 14.7 Å². The molecule has 1 aliphatic rings. The maximum Gasteiger partial charge on any atom is 0.246 e. The zero-order valence-electron chi connectivity index (χ0n) is 14.5. The van der Waals surface area contributed by atoms with Gasteiger partial charge in [-0.3, -0.25) is 9.59 Å². The first-order chi connectivity index (χ1) is 11.9. The minimum atomic E-state index is -0.102. The lowest BCUT2D eigenvalue weighted by atomic mass is 10.1. The number of hydrogen-bond donors (Lipinski definition) is 1. The molecule has 2 aromatic rings. The number of piperazine rings is 1. The Morgan fingerprint density at radius 1 is 1.20 bits per heavy atom. The van der Waals surface area contributed by atoms with E-state index in [4.69, 9.17) is 0 Å². The van der Waals surface area contributed by atoms with Crippen molar-refractivity contribution in [1.29, 1.82) is 0 Å². The van der Waals surface area contributed by atoms with Gasteiger partial charge in [0.05, 0.1) is 6.42 Å². The van der Waals surface area contributed by atoms with Gasteiger partial charge in [0.2, 0.25) is 11.8 Å². The van der Waals surface area contributed by atoms with Crippen molar-refractivity contribution in [2.45, 2.75) is 26.3 Å². The Kier molecular flexibility index (Phi) is 4.74. The van der Waals surface area contributed by atoms with Gasteiger partial charge >= 0.3 is 0 Å².